The zero-order valence-electron chi connectivity index (χ0n) is 22.0. The van der Waals surface area contributed by atoms with Crippen molar-refractivity contribution in [3.8, 4) is 0 Å². The van der Waals surface area contributed by atoms with E-state index in [0.717, 1.165) is 65.6 Å². The SMILES string of the molecule is Cc1cc(Nc2ccc(NC(=O)c3ccnc(Nc4ccnc5ccc(N6CCOCC6)cc45)c3)nc2)ccn1. The average Bonchev–Trinajstić information content (AvgIpc) is 2.99. The summed E-state index contributed by atoms with van der Waals surface area (Å²) in [6.45, 7) is 5.08. The molecular formula is C30H28N8O2. The highest BCUT2D eigenvalue weighted by Gasteiger charge is 2.14. The van der Waals surface area contributed by atoms with Gasteiger partial charge in [0.15, 0.2) is 0 Å². The summed E-state index contributed by atoms with van der Waals surface area (Å²) in [5, 5.41) is 10.5. The molecule has 1 saturated heterocycles. The molecule has 0 atom stereocenters. The Morgan fingerprint density at radius 1 is 0.800 bits per heavy atom. The minimum absolute atomic E-state index is 0.280. The van der Waals surface area contributed by atoms with Crippen LogP contribution in [0.25, 0.3) is 10.9 Å². The van der Waals surface area contributed by atoms with E-state index in [4.69, 9.17) is 4.74 Å². The minimum atomic E-state index is -0.280. The number of pyridine rings is 4. The molecule has 4 aromatic heterocycles. The Balaban J connectivity index is 1.15. The number of anilines is 6. The molecule has 10 heteroatoms. The molecule has 1 amide bonds. The topological polar surface area (TPSA) is 117 Å². The van der Waals surface area contributed by atoms with Crippen LogP contribution in [0.1, 0.15) is 16.1 Å². The summed E-state index contributed by atoms with van der Waals surface area (Å²) in [5.74, 6) is 0.721. The van der Waals surface area contributed by atoms with Crippen LogP contribution in [0.2, 0.25) is 0 Å². The lowest BCUT2D eigenvalue weighted by atomic mass is 10.1. The number of aryl methyl sites for hydroxylation is 1. The Kier molecular flexibility index (Phi) is 7.14. The van der Waals surface area contributed by atoms with Crippen LogP contribution in [0.15, 0.2) is 85.5 Å². The Hall–Kier alpha value is -5.09. The number of morpholine rings is 1. The van der Waals surface area contributed by atoms with Crippen molar-refractivity contribution in [1.82, 2.24) is 19.9 Å². The van der Waals surface area contributed by atoms with Crippen molar-refractivity contribution >= 4 is 51.2 Å². The number of hydrogen-bond acceptors (Lipinski definition) is 9. The fourth-order valence-electron chi connectivity index (χ4n) is 4.56. The van der Waals surface area contributed by atoms with Crippen LogP contribution < -0.4 is 20.9 Å². The number of benzene rings is 1. The largest absolute Gasteiger partial charge is 0.378 e. The molecule has 0 bridgehead atoms. The molecule has 0 unspecified atom stereocenters. The van der Waals surface area contributed by atoms with Crippen LogP contribution in [0.3, 0.4) is 0 Å². The molecule has 3 N–H and O–H groups in total. The Morgan fingerprint density at radius 3 is 2.48 bits per heavy atom. The molecule has 1 aromatic carbocycles. The molecule has 40 heavy (non-hydrogen) atoms. The minimum Gasteiger partial charge on any atom is -0.378 e. The number of ether oxygens (including phenoxy) is 1. The molecule has 6 rings (SSSR count). The van der Waals surface area contributed by atoms with E-state index in [2.05, 4.69) is 52.9 Å². The predicted octanol–water partition coefficient (Wildman–Crippen LogP) is 5.30. The summed E-state index contributed by atoms with van der Waals surface area (Å²) in [7, 11) is 0. The van der Waals surface area contributed by atoms with E-state index < -0.39 is 0 Å². The number of nitrogens with zero attached hydrogens (tertiary/aromatic N) is 5. The Bertz CT molecular complexity index is 1650. The third kappa shape index (κ3) is 5.82. The van der Waals surface area contributed by atoms with Gasteiger partial charge < -0.3 is 25.6 Å². The summed E-state index contributed by atoms with van der Waals surface area (Å²) >= 11 is 0. The van der Waals surface area contributed by atoms with Crippen LogP contribution in [-0.2, 0) is 4.74 Å². The highest BCUT2D eigenvalue weighted by molar-refractivity contribution is 6.04. The molecule has 0 aliphatic carbocycles. The van der Waals surface area contributed by atoms with Gasteiger partial charge in [-0.05, 0) is 67.6 Å². The fourth-order valence-corrected chi connectivity index (χ4v) is 4.56. The molecule has 200 valence electrons. The first-order valence-corrected chi connectivity index (χ1v) is 13.0. The van der Waals surface area contributed by atoms with Gasteiger partial charge in [0.2, 0.25) is 0 Å². The second kappa shape index (κ2) is 11.3. The van der Waals surface area contributed by atoms with E-state index >= 15 is 0 Å². The molecule has 0 radical (unpaired) electrons. The summed E-state index contributed by atoms with van der Waals surface area (Å²) in [6.07, 6.45) is 6.79. The van der Waals surface area contributed by atoms with Crippen LogP contribution in [0.5, 0.6) is 0 Å². The van der Waals surface area contributed by atoms with Gasteiger partial charge in [-0.25, -0.2) is 9.97 Å². The third-order valence-electron chi connectivity index (χ3n) is 6.58. The standard InChI is InChI=1S/C30H28N8O2/c1-20-16-22(7-10-31-20)35-23-2-5-28(34-19-23)37-30(39)21-6-9-33-29(17-21)36-27-8-11-32-26-4-3-24(18-25(26)27)38-12-14-40-15-13-38/h2-11,16-19H,12-15H2,1H3,(H,31,35)(H,32,33,36)(H,34,37,39). The highest BCUT2D eigenvalue weighted by atomic mass is 16.5. The molecule has 5 aromatic rings. The molecule has 1 aliphatic rings. The lowest BCUT2D eigenvalue weighted by Gasteiger charge is -2.29. The van der Waals surface area contributed by atoms with Crippen LogP contribution in [-0.4, -0.2) is 52.1 Å². The van der Waals surface area contributed by atoms with Crippen LogP contribution >= 0.6 is 0 Å². The van der Waals surface area contributed by atoms with E-state index in [1.165, 1.54) is 0 Å². The van der Waals surface area contributed by atoms with Crippen LogP contribution in [0.4, 0.5) is 34.4 Å². The number of rotatable bonds is 7. The van der Waals surface area contributed by atoms with Gasteiger partial charge in [-0.1, -0.05) is 0 Å². The molecule has 10 nitrogen and oxygen atoms in total. The lowest BCUT2D eigenvalue weighted by Crippen LogP contribution is -2.36. The number of hydrogen-bond donors (Lipinski definition) is 3. The first-order valence-electron chi connectivity index (χ1n) is 13.0. The smallest absolute Gasteiger partial charge is 0.257 e. The van der Waals surface area contributed by atoms with E-state index in [1.54, 1.807) is 43.0 Å². The monoisotopic (exact) mass is 532 g/mol. The number of fused-ring (bicyclic) bond motifs is 1. The zero-order valence-corrected chi connectivity index (χ0v) is 22.0. The first kappa shape index (κ1) is 25.2. The van der Waals surface area contributed by atoms with Crippen molar-refractivity contribution in [2.75, 3.05) is 47.2 Å². The molecule has 0 spiro atoms. The molecule has 0 saturated carbocycles. The summed E-state index contributed by atoms with van der Waals surface area (Å²) in [4.78, 5) is 32.8. The van der Waals surface area contributed by atoms with Crippen molar-refractivity contribution in [1.29, 1.82) is 0 Å². The Labute approximate surface area is 231 Å². The number of carbonyl (C=O) groups is 1. The lowest BCUT2D eigenvalue weighted by molar-refractivity contribution is 0.102. The van der Waals surface area contributed by atoms with E-state index in [9.17, 15) is 4.79 Å². The van der Waals surface area contributed by atoms with Crippen molar-refractivity contribution in [3.63, 3.8) is 0 Å². The summed E-state index contributed by atoms with van der Waals surface area (Å²) < 4.78 is 5.49. The second-order valence-corrected chi connectivity index (χ2v) is 9.41. The quantitative estimate of drug-likeness (QED) is 0.256. The highest BCUT2D eigenvalue weighted by Crippen LogP contribution is 2.29. The molecule has 5 heterocycles. The zero-order chi connectivity index (χ0) is 27.3. The van der Waals surface area contributed by atoms with E-state index in [0.29, 0.717) is 17.2 Å². The van der Waals surface area contributed by atoms with Crippen molar-refractivity contribution < 1.29 is 9.53 Å². The van der Waals surface area contributed by atoms with Gasteiger partial charge in [0.1, 0.15) is 11.6 Å². The van der Waals surface area contributed by atoms with E-state index in [1.807, 2.05) is 37.3 Å². The third-order valence-corrected chi connectivity index (χ3v) is 6.58. The summed E-state index contributed by atoms with van der Waals surface area (Å²) in [5.41, 5.74) is 5.96. The van der Waals surface area contributed by atoms with Crippen molar-refractivity contribution in [3.05, 3.63) is 96.7 Å². The number of aromatic nitrogens is 4. The van der Waals surface area contributed by atoms with Crippen molar-refractivity contribution in [2.45, 2.75) is 6.92 Å². The van der Waals surface area contributed by atoms with Gasteiger partial charge in [-0.2, -0.15) is 0 Å². The predicted molar refractivity (Wildman–Crippen MR) is 157 cm³/mol. The second-order valence-electron chi connectivity index (χ2n) is 9.41. The van der Waals surface area contributed by atoms with Gasteiger partial charge in [0.05, 0.1) is 36.3 Å². The maximum absolute atomic E-state index is 13.0. The van der Waals surface area contributed by atoms with Gasteiger partial charge >= 0.3 is 0 Å². The number of nitrogens with one attached hydrogen (secondary N) is 3. The summed E-state index contributed by atoms with van der Waals surface area (Å²) in [6, 6.07) is 19.0. The van der Waals surface area contributed by atoms with Crippen LogP contribution in [0, 0.1) is 6.92 Å². The fraction of sp³-hybridized carbons (Fsp3) is 0.167. The maximum atomic E-state index is 13.0. The number of carbonyl (C=O) groups excluding carboxylic acids is 1. The normalized spacial score (nSPS) is 13.2. The first-order chi connectivity index (χ1) is 19.6. The van der Waals surface area contributed by atoms with Crippen molar-refractivity contribution in [2.24, 2.45) is 0 Å². The molecule has 1 fully saturated rings. The van der Waals surface area contributed by atoms with Gasteiger partial charge in [-0.15, -0.1) is 0 Å². The average molecular weight is 533 g/mol. The number of amides is 1. The maximum Gasteiger partial charge on any atom is 0.257 e. The molecule has 1 aliphatic heterocycles. The van der Waals surface area contributed by atoms with Gasteiger partial charge in [0, 0.05) is 59.7 Å². The Morgan fingerprint density at radius 2 is 1.65 bits per heavy atom. The van der Waals surface area contributed by atoms with Gasteiger partial charge in [0.25, 0.3) is 5.91 Å². The van der Waals surface area contributed by atoms with Gasteiger partial charge in [-0.3, -0.25) is 14.8 Å². The van der Waals surface area contributed by atoms with E-state index in [-0.39, 0.29) is 5.91 Å². The molecular weight excluding hydrogens is 504 g/mol.